The maximum Gasteiger partial charge on any atom is 0.326 e. The summed E-state index contributed by atoms with van der Waals surface area (Å²) in [6, 6.07) is 2.87. The fourth-order valence-corrected chi connectivity index (χ4v) is 2.08. The zero-order chi connectivity index (χ0) is 13.3. The number of benzene rings is 1. The van der Waals surface area contributed by atoms with Gasteiger partial charge in [0.1, 0.15) is 6.04 Å². The van der Waals surface area contributed by atoms with E-state index >= 15 is 0 Å². The van der Waals surface area contributed by atoms with Gasteiger partial charge in [-0.05, 0) is 23.7 Å². The van der Waals surface area contributed by atoms with Gasteiger partial charge < -0.3 is 10.1 Å². The van der Waals surface area contributed by atoms with Gasteiger partial charge >= 0.3 is 12.3 Å². The second kappa shape index (κ2) is 4.85. The zero-order valence-electron chi connectivity index (χ0n) is 9.72. The summed E-state index contributed by atoms with van der Waals surface area (Å²) in [4.78, 5) is 0. The number of nitrogens with one attached hydrogen (secondary N) is 1. The molecule has 1 unspecified atom stereocenters. The highest BCUT2D eigenvalue weighted by Gasteiger charge is 2.48. The van der Waals surface area contributed by atoms with Crippen molar-refractivity contribution in [2.45, 2.75) is 31.6 Å². The van der Waals surface area contributed by atoms with E-state index in [2.05, 4.69) is 5.32 Å². The molecule has 0 aromatic heterocycles. The Morgan fingerprint density at radius 3 is 2.50 bits per heavy atom. The van der Waals surface area contributed by atoms with Crippen molar-refractivity contribution in [2.24, 2.45) is 0 Å². The molecule has 0 amide bonds. The van der Waals surface area contributed by atoms with Gasteiger partial charge in [-0.3, -0.25) is 0 Å². The quantitative estimate of drug-likeness (QED) is 0.843. The van der Waals surface area contributed by atoms with Crippen molar-refractivity contribution < 1.29 is 22.3 Å². The molecule has 1 N–H and O–H groups in total. The molecular formula is C12H13F4NO. The Balaban J connectivity index is 2.33. The zero-order valence-corrected chi connectivity index (χ0v) is 9.72. The normalized spacial score (nSPS) is 17.0. The van der Waals surface area contributed by atoms with Crippen LogP contribution < -0.4 is 5.32 Å². The van der Waals surface area contributed by atoms with Gasteiger partial charge in [-0.1, -0.05) is 18.2 Å². The number of ether oxygens (including phenoxy) is 1. The van der Waals surface area contributed by atoms with E-state index in [0.717, 1.165) is 11.1 Å². The predicted octanol–water partition coefficient (Wildman–Crippen LogP) is 2.88. The minimum atomic E-state index is -4.11. The molecule has 1 aliphatic rings. The number of alkyl halides is 4. The van der Waals surface area contributed by atoms with Crippen LogP contribution in [-0.4, -0.2) is 19.4 Å². The van der Waals surface area contributed by atoms with Crippen LogP contribution in [0.15, 0.2) is 18.2 Å². The highest BCUT2D eigenvalue weighted by Crippen LogP contribution is 2.37. The summed E-state index contributed by atoms with van der Waals surface area (Å²) in [5.74, 6) is -4.11. The summed E-state index contributed by atoms with van der Waals surface area (Å²) in [5.41, 5.74) is 1.83. The lowest BCUT2D eigenvalue weighted by Crippen LogP contribution is -2.41. The van der Waals surface area contributed by atoms with Crippen LogP contribution in [0, 0.1) is 0 Å². The number of halogens is 4. The monoisotopic (exact) mass is 263 g/mol. The van der Waals surface area contributed by atoms with E-state index < -0.39 is 18.4 Å². The molecular weight excluding hydrogens is 250 g/mol. The van der Waals surface area contributed by atoms with Gasteiger partial charge in [0.05, 0.1) is 13.2 Å². The highest BCUT2D eigenvalue weighted by molar-refractivity contribution is 5.35. The summed E-state index contributed by atoms with van der Waals surface area (Å²) < 4.78 is 56.8. The van der Waals surface area contributed by atoms with E-state index in [1.165, 1.54) is 19.2 Å². The van der Waals surface area contributed by atoms with Crippen LogP contribution in [0.25, 0.3) is 0 Å². The third-order valence-corrected chi connectivity index (χ3v) is 3.04. The number of hydrogen-bond acceptors (Lipinski definition) is 2. The summed E-state index contributed by atoms with van der Waals surface area (Å²) >= 11 is 0. The standard InChI is InChI=1S/C12H13F4NO/c1-17-10(12(15,16)11(13)14)7-2-3-8-5-18-6-9(8)4-7/h2-4,10-11,17H,5-6H2,1H3. The van der Waals surface area contributed by atoms with E-state index in [1.54, 1.807) is 6.07 Å². The van der Waals surface area contributed by atoms with Gasteiger partial charge in [0.15, 0.2) is 0 Å². The Hall–Kier alpha value is -1.14. The molecule has 0 saturated carbocycles. The topological polar surface area (TPSA) is 21.3 Å². The van der Waals surface area contributed by atoms with Crippen molar-refractivity contribution >= 4 is 0 Å². The SMILES string of the molecule is CNC(c1ccc2c(c1)COC2)C(F)(F)C(F)F. The van der Waals surface area contributed by atoms with E-state index in [9.17, 15) is 17.6 Å². The first-order valence-electron chi connectivity index (χ1n) is 5.49. The Labute approximate surface area is 102 Å². The summed E-state index contributed by atoms with van der Waals surface area (Å²) in [6.07, 6.45) is -3.71. The van der Waals surface area contributed by atoms with Crippen LogP contribution in [-0.2, 0) is 18.0 Å². The Morgan fingerprint density at radius 2 is 1.89 bits per heavy atom. The molecule has 0 spiro atoms. The van der Waals surface area contributed by atoms with Crippen LogP contribution in [0.4, 0.5) is 17.6 Å². The maximum absolute atomic E-state index is 13.4. The molecule has 0 saturated heterocycles. The first-order chi connectivity index (χ1) is 8.46. The van der Waals surface area contributed by atoms with Crippen molar-refractivity contribution in [3.8, 4) is 0 Å². The van der Waals surface area contributed by atoms with Crippen LogP contribution >= 0.6 is 0 Å². The average molecular weight is 263 g/mol. The van der Waals surface area contributed by atoms with Gasteiger partial charge in [-0.2, -0.15) is 8.78 Å². The largest absolute Gasteiger partial charge is 0.372 e. The molecule has 0 radical (unpaired) electrons. The van der Waals surface area contributed by atoms with Gasteiger partial charge in [0.25, 0.3) is 0 Å². The smallest absolute Gasteiger partial charge is 0.326 e. The third-order valence-electron chi connectivity index (χ3n) is 3.04. The van der Waals surface area contributed by atoms with Gasteiger partial charge in [-0.15, -0.1) is 0 Å². The molecule has 1 aliphatic heterocycles. The van der Waals surface area contributed by atoms with Gasteiger partial charge in [0.2, 0.25) is 0 Å². The van der Waals surface area contributed by atoms with E-state index in [4.69, 9.17) is 4.74 Å². The molecule has 6 heteroatoms. The number of rotatable bonds is 4. The Kier molecular flexibility index (Phi) is 3.59. The highest BCUT2D eigenvalue weighted by atomic mass is 19.3. The first-order valence-corrected chi connectivity index (χ1v) is 5.49. The molecule has 2 nitrogen and oxygen atoms in total. The molecule has 1 aromatic carbocycles. The second-order valence-corrected chi connectivity index (χ2v) is 4.22. The minimum absolute atomic E-state index is 0.145. The van der Waals surface area contributed by atoms with E-state index in [0.29, 0.717) is 13.2 Å². The van der Waals surface area contributed by atoms with Crippen molar-refractivity contribution in [1.82, 2.24) is 5.32 Å². The molecule has 1 heterocycles. The number of hydrogen-bond donors (Lipinski definition) is 1. The molecule has 1 aromatic rings. The summed E-state index contributed by atoms with van der Waals surface area (Å²) in [6.45, 7) is 0.769. The fraction of sp³-hybridized carbons (Fsp3) is 0.500. The summed E-state index contributed by atoms with van der Waals surface area (Å²) in [7, 11) is 1.24. The van der Waals surface area contributed by atoms with Crippen LogP contribution in [0.3, 0.4) is 0 Å². The lowest BCUT2D eigenvalue weighted by Gasteiger charge is -2.26. The van der Waals surface area contributed by atoms with Crippen LogP contribution in [0.2, 0.25) is 0 Å². The second-order valence-electron chi connectivity index (χ2n) is 4.22. The van der Waals surface area contributed by atoms with Crippen molar-refractivity contribution in [1.29, 1.82) is 0 Å². The number of fused-ring (bicyclic) bond motifs is 1. The summed E-state index contributed by atoms with van der Waals surface area (Å²) in [5, 5.41) is 2.26. The average Bonchev–Trinajstić information content (AvgIpc) is 2.76. The predicted molar refractivity (Wildman–Crippen MR) is 57.7 cm³/mol. The van der Waals surface area contributed by atoms with Crippen LogP contribution in [0.5, 0.6) is 0 Å². The van der Waals surface area contributed by atoms with Crippen molar-refractivity contribution in [2.75, 3.05) is 7.05 Å². The van der Waals surface area contributed by atoms with Crippen molar-refractivity contribution in [3.05, 3.63) is 34.9 Å². The van der Waals surface area contributed by atoms with Crippen molar-refractivity contribution in [3.63, 3.8) is 0 Å². The van der Waals surface area contributed by atoms with E-state index in [1.807, 2.05) is 0 Å². The molecule has 0 fully saturated rings. The van der Waals surface area contributed by atoms with Gasteiger partial charge in [0, 0.05) is 0 Å². The Bertz CT molecular complexity index is 436. The third kappa shape index (κ3) is 2.22. The molecule has 18 heavy (non-hydrogen) atoms. The molecule has 100 valence electrons. The molecule has 0 bridgehead atoms. The Morgan fingerprint density at radius 1 is 1.22 bits per heavy atom. The maximum atomic E-state index is 13.4. The lowest BCUT2D eigenvalue weighted by molar-refractivity contribution is -0.150. The molecule has 1 atom stereocenters. The lowest BCUT2D eigenvalue weighted by atomic mass is 9.97. The molecule has 0 aliphatic carbocycles. The molecule has 2 rings (SSSR count). The van der Waals surface area contributed by atoms with Crippen LogP contribution in [0.1, 0.15) is 22.7 Å². The van der Waals surface area contributed by atoms with E-state index in [-0.39, 0.29) is 5.56 Å². The minimum Gasteiger partial charge on any atom is -0.372 e. The fourth-order valence-electron chi connectivity index (χ4n) is 2.08. The first kappa shape index (κ1) is 13.3. The van der Waals surface area contributed by atoms with Gasteiger partial charge in [-0.25, -0.2) is 8.78 Å².